The number of nitrogens with two attached hydrogens (primary N) is 1. The van der Waals surface area contributed by atoms with Crippen LogP contribution in [0, 0.1) is 5.92 Å². The summed E-state index contributed by atoms with van der Waals surface area (Å²) in [4.78, 5) is 15.7. The van der Waals surface area contributed by atoms with E-state index in [-0.39, 0.29) is 11.6 Å². The number of pyridine rings is 1. The second-order valence-corrected chi connectivity index (χ2v) is 4.19. The number of rotatable bonds is 2. The van der Waals surface area contributed by atoms with Crippen LogP contribution in [0.2, 0.25) is 0 Å². The molecule has 2 heterocycles. The summed E-state index contributed by atoms with van der Waals surface area (Å²) >= 11 is 0. The summed E-state index contributed by atoms with van der Waals surface area (Å²) in [6.45, 7) is 2.61. The molecule has 17 heavy (non-hydrogen) atoms. The highest BCUT2D eigenvalue weighted by Crippen LogP contribution is 2.21. The lowest BCUT2D eigenvalue weighted by Gasteiger charge is -2.33. The first-order chi connectivity index (χ1) is 8.18. The molecule has 1 aromatic rings. The van der Waals surface area contributed by atoms with E-state index in [1.807, 2.05) is 6.92 Å². The van der Waals surface area contributed by atoms with Crippen LogP contribution in [-0.4, -0.2) is 29.9 Å². The average molecular weight is 236 g/mol. The predicted molar refractivity (Wildman–Crippen MR) is 61.1 cm³/mol. The number of carbonyl (C=O) groups is 1. The number of nitrogens with zero attached hydrogens (tertiary/aromatic N) is 1. The van der Waals surface area contributed by atoms with E-state index in [0.717, 1.165) is 6.42 Å². The molecule has 3 atom stereocenters. The van der Waals surface area contributed by atoms with Gasteiger partial charge in [-0.05, 0) is 24.5 Å². The highest BCUT2D eigenvalue weighted by molar-refractivity contribution is 5.87. The van der Waals surface area contributed by atoms with Crippen molar-refractivity contribution in [2.75, 3.05) is 6.61 Å². The van der Waals surface area contributed by atoms with Crippen LogP contribution < -0.4 is 5.73 Å². The number of hydrogen-bond donors (Lipinski definition) is 1. The number of ether oxygens (including phenoxy) is 2. The van der Waals surface area contributed by atoms with Crippen molar-refractivity contribution in [2.24, 2.45) is 11.7 Å². The molecule has 0 spiro atoms. The maximum Gasteiger partial charge on any atom is 0.357 e. The van der Waals surface area contributed by atoms with Crippen LogP contribution in [-0.2, 0) is 9.47 Å². The highest BCUT2D eigenvalue weighted by atomic mass is 16.6. The van der Waals surface area contributed by atoms with Crippen molar-refractivity contribution < 1.29 is 14.3 Å². The lowest BCUT2D eigenvalue weighted by atomic mass is 9.97. The molecule has 0 bridgehead atoms. The minimum Gasteiger partial charge on any atom is -0.453 e. The molecule has 2 rings (SSSR count). The molecular formula is C12H16N2O3. The lowest BCUT2D eigenvalue weighted by molar-refractivity contribution is -0.105. The van der Waals surface area contributed by atoms with Crippen molar-refractivity contribution in [1.82, 2.24) is 4.98 Å². The second-order valence-electron chi connectivity index (χ2n) is 4.19. The van der Waals surface area contributed by atoms with E-state index < -0.39 is 18.3 Å². The molecule has 1 aliphatic rings. The minimum atomic E-state index is -0.550. The highest BCUT2D eigenvalue weighted by Gasteiger charge is 2.32. The molecule has 0 amide bonds. The molecule has 5 heteroatoms. The van der Waals surface area contributed by atoms with Gasteiger partial charge in [0.2, 0.25) is 0 Å². The van der Waals surface area contributed by atoms with Gasteiger partial charge in [-0.25, -0.2) is 9.78 Å². The maximum absolute atomic E-state index is 11.8. The summed E-state index contributed by atoms with van der Waals surface area (Å²) in [7, 11) is 0. The summed E-state index contributed by atoms with van der Waals surface area (Å²) in [6.07, 6.45) is 1.44. The van der Waals surface area contributed by atoms with E-state index in [2.05, 4.69) is 4.98 Å². The zero-order chi connectivity index (χ0) is 12.3. The summed E-state index contributed by atoms with van der Waals surface area (Å²) < 4.78 is 10.6. The Morgan fingerprint density at radius 3 is 3.06 bits per heavy atom. The molecule has 0 aliphatic carbocycles. The van der Waals surface area contributed by atoms with Crippen molar-refractivity contribution in [3.63, 3.8) is 0 Å². The van der Waals surface area contributed by atoms with E-state index in [1.165, 1.54) is 0 Å². The van der Waals surface area contributed by atoms with Gasteiger partial charge >= 0.3 is 5.97 Å². The largest absolute Gasteiger partial charge is 0.453 e. The van der Waals surface area contributed by atoms with Crippen LogP contribution in [0.25, 0.3) is 0 Å². The molecular weight excluding hydrogens is 220 g/mol. The smallest absolute Gasteiger partial charge is 0.357 e. The van der Waals surface area contributed by atoms with Crippen molar-refractivity contribution >= 4 is 5.97 Å². The molecule has 1 aliphatic heterocycles. The van der Waals surface area contributed by atoms with Gasteiger partial charge in [0.1, 0.15) is 18.0 Å². The second kappa shape index (κ2) is 5.25. The van der Waals surface area contributed by atoms with Crippen molar-refractivity contribution in [3.05, 3.63) is 30.1 Å². The quantitative estimate of drug-likeness (QED) is 0.774. The normalized spacial score (nSPS) is 28.7. The van der Waals surface area contributed by atoms with Gasteiger partial charge in [0.05, 0.1) is 0 Å². The number of carbonyl (C=O) groups excluding carboxylic acids is 1. The molecule has 1 aromatic heterocycles. The van der Waals surface area contributed by atoms with E-state index >= 15 is 0 Å². The Bertz CT molecular complexity index is 373. The fraction of sp³-hybridized carbons (Fsp3) is 0.500. The van der Waals surface area contributed by atoms with Gasteiger partial charge in [0.25, 0.3) is 0 Å². The van der Waals surface area contributed by atoms with Crippen LogP contribution in [0.4, 0.5) is 0 Å². The van der Waals surface area contributed by atoms with Gasteiger partial charge < -0.3 is 15.2 Å². The Hall–Kier alpha value is -1.46. The van der Waals surface area contributed by atoms with E-state index in [9.17, 15) is 4.79 Å². The summed E-state index contributed by atoms with van der Waals surface area (Å²) in [5.41, 5.74) is 6.07. The molecule has 1 saturated heterocycles. The predicted octanol–water partition coefficient (Wildman–Crippen LogP) is 0.948. The maximum atomic E-state index is 11.8. The van der Waals surface area contributed by atoms with Crippen LogP contribution in [0.15, 0.2) is 24.4 Å². The first-order valence-electron chi connectivity index (χ1n) is 5.67. The van der Waals surface area contributed by atoms with Crippen molar-refractivity contribution in [1.29, 1.82) is 0 Å². The fourth-order valence-electron chi connectivity index (χ4n) is 1.82. The number of aromatic nitrogens is 1. The first-order valence-corrected chi connectivity index (χ1v) is 5.67. The number of esters is 1. The molecule has 0 aromatic carbocycles. The Kier molecular flexibility index (Phi) is 3.71. The van der Waals surface area contributed by atoms with Gasteiger partial charge in [0.15, 0.2) is 0 Å². The molecule has 3 unspecified atom stereocenters. The van der Waals surface area contributed by atoms with Gasteiger partial charge in [-0.2, -0.15) is 0 Å². The molecule has 0 radical (unpaired) electrons. The van der Waals surface area contributed by atoms with Gasteiger partial charge in [-0.3, -0.25) is 0 Å². The van der Waals surface area contributed by atoms with Crippen LogP contribution in [0.1, 0.15) is 23.8 Å². The molecule has 0 saturated carbocycles. The Morgan fingerprint density at radius 1 is 1.59 bits per heavy atom. The van der Waals surface area contributed by atoms with Crippen LogP contribution >= 0.6 is 0 Å². The molecule has 5 nitrogen and oxygen atoms in total. The summed E-state index contributed by atoms with van der Waals surface area (Å²) in [5.74, 6) is -0.255. The molecule has 2 N–H and O–H groups in total. The lowest BCUT2D eigenvalue weighted by Crippen LogP contribution is -2.48. The molecule has 1 fully saturated rings. The van der Waals surface area contributed by atoms with Crippen LogP contribution in [0.3, 0.4) is 0 Å². The summed E-state index contributed by atoms with van der Waals surface area (Å²) in [6, 6.07) is 5.10. The third-order valence-corrected chi connectivity index (χ3v) is 2.89. The first kappa shape index (κ1) is 12.0. The fourth-order valence-corrected chi connectivity index (χ4v) is 1.82. The Morgan fingerprint density at radius 2 is 2.41 bits per heavy atom. The molecule has 92 valence electrons. The Balaban J connectivity index is 2.03. The van der Waals surface area contributed by atoms with Crippen molar-refractivity contribution in [2.45, 2.75) is 25.7 Å². The number of hydrogen-bond acceptors (Lipinski definition) is 5. The standard InChI is InChI=1S/C12H16N2O3/c1-8-5-7-16-11(13)10(8)17-12(15)9-4-2-3-6-14-9/h2-4,6,8,10-11H,5,7,13H2,1H3. The topological polar surface area (TPSA) is 74.4 Å². The average Bonchev–Trinajstić information content (AvgIpc) is 2.35. The van der Waals surface area contributed by atoms with Crippen LogP contribution in [0.5, 0.6) is 0 Å². The summed E-state index contributed by atoms with van der Waals surface area (Å²) in [5, 5.41) is 0. The third-order valence-electron chi connectivity index (χ3n) is 2.89. The SMILES string of the molecule is CC1CCOC(N)C1OC(=O)c1ccccn1. The zero-order valence-corrected chi connectivity index (χ0v) is 9.70. The monoisotopic (exact) mass is 236 g/mol. The van der Waals surface area contributed by atoms with Gasteiger partial charge in [-0.15, -0.1) is 0 Å². The minimum absolute atomic E-state index is 0.200. The van der Waals surface area contributed by atoms with E-state index in [0.29, 0.717) is 6.61 Å². The van der Waals surface area contributed by atoms with Crippen molar-refractivity contribution in [3.8, 4) is 0 Å². The zero-order valence-electron chi connectivity index (χ0n) is 9.70. The van der Waals surface area contributed by atoms with Gasteiger partial charge in [0, 0.05) is 12.8 Å². The third kappa shape index (κ3) is 2.81. The van der Waals surface area contributed by atoms with E-state index in [1.54, 1.807) is 24.4 Å². The van der Waals surface area contributed by atoms with Gasteiger partial charge in [-0.1, -0.05) is 13.0 Å². The van der Waals surface area contributed by atoms with E-state index in [4.69, 9.17) is 15.2 Å². The Labute approximate surface area is 99.9 Å².